The van der Waals surface area contributed by atoms with Gasteiger partial charge >= 0.3 is 0 Å². The van der Waals surface area contributed by atoms with E-state index < -0.39 is 0 Å². The van der Waals surface area contributed by atoms with Gasteiger partial charge in [-0.2, -0.15) is 0 Å². The van der Waals surface area contributed by atoms with Crippen molar-refractivity contribution in [2.24, 2.45) is 0 Å². The zero-order chi connectivity index (χ0) is 25.5. The summed E-state index contributed by atoms with van der Waals surface area (Å²) in [5, 5.41) is 2.02. The topological polar surface area (TPSA) is 59.1 Å². The Hall–Kier alpha value is -3.32. The molecule has 7 heteroatoms. The molecule has 1 aromatic heterocycles. The number of amides is 2. The van der Waals surface area contributed by atoms with E-state index in [-0.39, 0.29) is 24.4 Å². The van der Waals surface area contributed by atoms with E-state index in [1.54, 1.807) is 30.5 Å². The molecule has 1 aliphatic carbocycles. The number of rotatable bonds is 12. The number of carbonyl (C=O) groups is 2. The summed E-state index contributed by atoms with van der Waals surface area (Å²) in [5.74, 6) is 1.25. The molecule has 0 unspecified atom stereocenters. The number of thiophene rings is 1. The molecular weight excluding hydrogens is 472 g/mol. The Labute approximate surface area is 217 Å². The summed E-state index contributed by atoms with van der Waals surface area (Å²) >= 11 is 1.63. The van der Waals surface area contributed by atoms with Crippen LogP contribution in [0.2, 0.25) is 0 Å². The molecule has 1 fully saturated rings. The van der Waals surface area contributed by atoms with Crippen LogP contribution in [0.3, 0.4) is 0 Å². The molecule has 0 bridgehead atoms. The lowest BCUT2D eigenvalue weighted by Crippen LogP contribution is -2.44. The van der Waals surface area contributed by atoms with Crippen molar-refractivity contribution < 1.29 is 19.1 Å². The Morgan fingerprint density at radius 2 is 1.69 bits per heavy atom. The summed E-state index contributed by atoms with van der Waals surface area (Å²) in [7, 11) is 3.23. The van der Waals surface area contributed by atoms with Crippen molar-refractivity contribution in [1.29, 1.82) is 0 Å². The molecule has 0 radical (unpaired) electrons. The molecule has 0 atom stereocenters. The first-order valence-corrected chi connectivity index (χ1v) is 13.3. The van der Waals surface area contributed by atoms with Crippen LogP contribution in [0.25, 0.3) is 0 Å². The van der Waals surface area contributed by atoms with E-state index in [4.69, 9.17) is 9.47 Å². The van der Waals surface area contributed by atoms with Crippen LogP contribution in [-0.4, -0.2) is 55.0 Å². The molecule has 0 spiro atoms. The number of methoxy groups -OCH3 is 2. The van der Waals surface area contributed by atoms with E-state index >= 15 is 0 Å². The molecule has 1 aliphatic rings. The third-order valence-corrected chi connectivity index (χ3v) is 7.42. The lowest BCUT2D eigenvalue weighted by molar-refractivity contribution is -0.132. The minimum Gasteiger partial charge on any atom is -0.493 e. The van der Waals surface area contributed by atoms with Gasteiger partial charge in [-0.05, 0) is 72.5 Å². The zero-order valence-electron chi connectivity index (χ0n) is 21.2. The van der Waals surface area contributed by atoms with Gasteiger partial charge in [0.2, 0.25) is 5.91 Å². The first kappa shape index (κ1) is 25.8. The molecule has 3 aromatic rings. The van der Waals surface area contributed by atoms with Crippen molar-refractivity contribution in [1.82, 2.24) is 9.80 Å². The predicted octanol–water partition coefficient (Wildman–Crippen LogP) is 5.20. The van der Waals surface area contributed by atoms with Crippen molar-refractivity contribution in [2.75, 3.05) is 27.3 Å². The average molecular weight is 507 g/mol. The first-order chi connectivity index (χ1) is 17.5. The van der Waals surface area contributed by atoms with E-state index in [0.717, 1.165) is 29.7 Å². The Morgan fingerprint density at radius 1 is 0.972 bits per heavy atom. The highest BCUT2D eigenvalue weighted by atomic mass is 32.1. The molecule has 0 saturated heterocycles. The molecule has 1 saturated carbocycles. The molecule has 6 nitrogen and oxygen atoms in total. The Kier molecular flexibility index (Phi) is 8.65. The second-order valence-corrected chi connectivity index (χ2v) is 10.1. The van der Waals surface area contributed by atoms with Crippen molar-refractivity contribution in [3.63, 3.8) is 0 Å². The normalized spacial score (nSPS) is 12.8. The minimum atomic E-state index is -0.0653. The Morgan fingerprint density at radius 3 is 2.31 bits per heavy atom. The zero-order valence-corrected chi connectivity index (χ0v) is 22.1. The SMILES string of the molecule is CCc1ccc(C(=O)N(CC(=O)N(CCc2ccc(OC)c(OC)c2)Cc2cccs2)C2CC2)cc1. The lowest BCUT2D eigenvalue weighted by atomic mass is 10.1. The maximum Gasteiger partial charge on any atom is 0.254 e. The lowest BCUT2D eigenvalue weighted by Gasteiger charge is -2.28. The molecule has 0 aliphatic heterocycles. The summed E-state index contributed by atoms with van der Waals surface area (Å²) < 4.78 is 10.8. The van der Waals surface area contributed by atoms with Crippen LogP contribution in [-0.2, 0) is 24.2 Å². The van der Waals surface area contributed by atoms with Crippen LogP contribution in [0.15, 0.2) is 60.0 Å². The van der Waals surface area contributed by atoms with Gasteiger partial charge in [0.05, 0.1) is 20.8 Å². The standard InChI is InChI=1S/C29H34N2O4S/c1-4-21-7-10-23(11-8-21)29(33)31(24-12-13-24)20-28(32)30(19-25-6-5-17-36-25)16-15-22-9-14-26(34-2)27(18-22)35-3/h5-11,14,17-18,24H,4,12-13,15-16,19-20H2,1-3H3. The number of ether oxygens (including phenoxy) is 2. The van der Waals surface area contributed by atoms with E-state index in [1.807, 2.05) is 64.9 Å². The summed E-state index contributed by atoms with van der Waals surface area (Å²) in [6.07, 6.45) is 3.50. The Bertz CT molecular complexity index is 1160. The van der Waals surface area contributed by atoms with Crippen LogP contribution in [0, 0.1) is 0 Å². The van der Waals surface area contributed by atoms with Crippen molar-refractivity contribution >= 4 is 23.2 Å². The van der Waals surface area contributed by atoms with Crippen molar-refractivity contribution in [3.05, 3.63) is 81.5 Å². The maximum atomic E-state index is 13.6. The highest BCUT2D eigenvalue weighted by molar-refractivity contribution is 7.09. The molecule has 190 valence electrons. The number of hydrogen-bond donors (Lipinski definition) is 0. The smallest absolute Gasteiger partial charge is 0.254 e. The quantitative estimate of drug-likeness (QED) is 0.339. The van der Waals surface area contributed by atoms with Crippen LogP contribution in [0.4, 0.5) is 0 Å². The molecule has 4 rings (SSSR count). The van der Waals surface area contributed by atoms with Gasteiger partial charge in [-0.25, -0.2) is 0 Å². The largest absolute Gasteiger partial charge is 0.493 e. The van der Waals surface area contributed by atoms with Gasteiger partial charge < -0.3 is 19.3 Å². The highest BCUT2D eigenvalue weighted by Gasteiger charge is 2.35. The van der Waals surface area contributed by atoms with Crippen molar-refractivity contribution in [2.45, 2.75) is 45.2 Å². The van der Waals surface area contributed by atoms with E-state index in [2.05, 4.69) is 6.92 Å². The highest BCUT2D eigenvalue weighted by Crippen LogP contribution is 2.29. The molecule has 36 heavy (non-hydrogen) atoms. The van der Waals surface area contributed by atoms with Gasteiger partial charge in [-0.15, -0.1) is 11.3 Å². The van der Waals surface area contributed by atoms with Crippen LogP contribution < -0.4 is 9.47 Å². The fraction of sp³-hybridized carbons (Fsp3) is 0.379. The van der Waals surface area contributed by atoms with E-state index in [0.29, 0.717) is 36.6 Å². The Balaban J connectivity index is 1.48. The van der Waals surface area contributed by atoms with E-state index in [1.165, 1.54) is 5.56 Å². The van der Waals surface area contributed by atoms with Crippen LogP contribution in [0.5, 0.6) is 11.5 Å². The molecule has 2 amide bonds. The maximum absolute atomic E-state index is 13.6. The average Bonchev–Trinajstić information content (AvgIpc) is 3.63. The predicted molar refractivity (Wildman–Crippen MR) is 143 cm³/mol. The number of carbonyl (C=O) groups excluding carboxylic acids is 2. The fourth-order valence-electron chi connectivity index (χ4n) is 4.23. The molecule has 2 aromatic carbocycles. The van der Waals surface area contributed by atoms with E-state index in [9.17, 15) is 9.59 Å². The summed E-state index contributed by atoms with van der Waals surface area (Å²) in [4.78, 5) is 31.7. The van der Waals surface area contributed by atoms with Gasteiger partial charge in [0, 0.05) is 23.0 Å². The fourth-order valence-corrected chi connectivity index (χ4v) is 4.95. The minimum absolute atomic E-state index is 0.0331. The first-order valence-electron chi connectivity index (χ1n) is 12.4. The molecule has 1 heterocycles. The number of aryl methyl sites for hydroxylation is 1. The third kappa shape index (κ3) is 6.46. The molecular formula is C29H34N2O4S. The van der Waals surface area contributed by atoms with Crippen molar-refractivity contribution in [3.8, 4) is 11.5 Å². The number of hydrogen-bond acceptors (Lipinski definition) is 5. The summed E-state index contributed by atoms with van der Waals surface area (Å²) in [5.41, 5.74) is 2.89. The van der Waals surface area contributed by atoms with Gasteiger partial charge in [0.15, 0.2) is 11.5 Å². The monoisotopic (exact) mass is 506 g/mol. The van der Waals surface area contributed by atoms with Gasteiger partial charge in [-0.1, -0.05) is 31.2 Å². The molecule has 0 N–H and O–H groups in total. The second-order valence-electron chi connectivity index (χ2n) is 9.05. The third-order valence-electron chi connectivity index (χ3n) is 6.56. The number of benzene rings is 2. The number of nitrogens with zero attached hydrogens (tertiary/aromatic N) is 2. The van der Waals surface area contributed by atoms with Crippen LogP contribution in [0.1, 0.15) is 46.1 Å². The second kappa shape index (κ2) is 12.1. The van der Waals surface area contributed by atoms with Gasteiger partial charge in [0.25, 0.3) is 5.91 Å². The van der Waals surface area contributed by atoms with Gasteiger partial charge in [0.1, 0.15) is 6.54 Å². The summed E-state index contributed by atoms with van der Waals surface area (Å²) in [6.45, 7) is 3.26. The summed E-state index contributed by atoms with van der Waals surface area (Å²) in [6, 6.07) is 17.7. The van der Waals surface area contributed by atoms with Crippen LogP contribution >= 0.6 is 11.3 Å². The van der Waals surface area contributed by atoms with Gasteiger partial charge in [-0.3, -0.25) is 9.59 Å².